The molecule has 1 fully saturated rings. The Morgan fingerprint density at radius 1 is 1.09 bits per heavy atom. The number of nitrogens with one attached hydrogen (secondary N) is 2. The van der Waals surface area contributed by atoms with Crippen LogP contribution in [0.15, 0.2) is 42.6 Å². The molecule has 1 aromatic heterocycles. The van der Waals surface area contributed by atoms with Gasteiger partial charge in [-0.15, -0.1) is 0 Å². The molecule has 0 aliphatic carbocycles. The molecule has 0 spiro atoms. The van der Waals surface area contributed by atoms with Gasteiger partial charge in [-0.25, -0.2) is 9.78 Å². The van der Waals surface area contributed by atoms with E-state index in [1.165, 1.54) is 0 Å². The van der Waals surface area contributed by atoms with Gasteiger partial charge in [0.25, 0.3) is 5.91 Å². The normalized spacial score (nSPS) is 17.2. The van der Waals surface area contributed by atoms with Gasteiger partial charge in [-0.2, -0.15) is 13.2 Å². The molecule has 1 aromatic carbocycles. The van der Waals surface area contributed by atoms with Crippen molar-refractivity contribution in [2.45, 2.75) is 63.8 Å². The van der Waals surface area contributed by atoms with Gasteiger partial charge in [0.05, 0.1) is 0 Å². The van der Waals surface area contributed by atoms with Gasteiger partial charge < -0.3 is 20.5 Å². The molecule has 0 atom stereocenters. The topological polar surface area (TPSA) is 101 Å². The van der Waals surface area contributed by atoms with Crippen LogP contribution in [0.4, 0.5) is 13.2 Å². The molecule has 3 N–H and O–H groups in total. The molecule has 7 nitrogen and oxygen atoms in total. The number of aromatic nitrogens is 1. The van der Waals surface area contributed by atoms with Crippen molar-refractivity contribution in [1.29, 1.82) is 0 Å². The number of hydrogen-bond acceptors (Lipinski definition) is 5. The maximum atomic E-state index is 12.7. The lowest BCUT2D eigenvalue weighted by molar-refractivity contribution is -0.192. The Labute approximate surface area is 209 Å². The molecule has 1 aliphatic heterocycles. The maximum Gasteiger partial charge on any atom is 0.490 e. The number of alkyl halides is 3. The van der Waals surface area contributed by atoms with Crippen LogP contribution in [0.1, 0.15) is 50.9 Å². The molecule has 1 aliphatic rings. The number of rotatable bonds is 4. The van der Waals surface area contributed by atoms with Gasteiger partial charge >= 0.3 is 12.1 Å². The number of halogens is 4. The highest BCUT2D eigenvalue weighted by atomic mass is 127. The van der Waals surface area contributed by atoms with Crippen molar-refractivity contribution in [3.63, 3.8) is 0 Å². The monoisotopic (exact) mass is 593 g/mol. The summed E-state index contributed by atoms with van der Waals surface area (Å²) in [7, 11) is 0. The summed E-state index contributed by atoms with van der Waals surface area (Å²) in [4.78, 5) is 25.8. The van der Waals surface area contributed by atoms with Gasteiger partial charge in [-0.1, -0.05) is 0 Å². The fourth-order valence-corrected chi connectivity index (χ4v) is 4.23. The van der Waals surface area contributed by atoms with E-state index in [4.69, 9.17) is 14.6 Å². The second-order valence-electron chi connectivity index (χ2n) is 9.22. The van der Waals surface area contributed by atoms with E-state index < -0.39 is 12.1 Å². The molecule has 2 aromatic rings. The summed E-state index contributed by atoms with van der Waals surface area (Å²) < 4.78 is 38.5. The molecule has 34 heavy (non-hydrogen) atoms. The number of carbonyl (C=O) groups excluding carboxylic acids is 1. The van der Waals surface area contributed by atoms with E-state index in [9.17, 15) is 18.0 Å². The molecule has 0 unspecified atom stereocenters. The number of carboxylic acid groups (broad SMARTS) is 1. The van der Waals surface area contributed by atoms with Crippen LogP contribution >= 0.6 is 22.6 Å². The Kier molecular flexibility index (Phi) is 8.92. The van der Waals surface area contributed by atoms with E-state index in [0.717, 1.165) is 16.4 Å². The Bertz CT molecular complexity index is 978. The summed E-state index contributed by atoms with van der Waals surface area (Å²) in [6.45, 7) is 8.71. The van der Waals surface area contributed by atoms with E-state index in [1.807, 2.05) is 12.1 Å². The number of pyridine rings is 1. The van der Waals surface area contributed by atoms with Crippen molar-refractivity contribution < 1.29 is 32.6 Å². The average molecular weight is 593 g/mol. The van der Waals surface area contributed by atoms with Crippen LogP contribution in [0.5, 0.6) is 11.6 Å². The fourth-order valence-electron chi connectivity index (χ4n) is 3.91. The largest absolute Gasteiger partial charge is 0.490 e. The Morgan fingerprint density at radius 3 is 2.06 bits per heavy atom. The summed E-state index contributed by atoms with van der Waals surface area (Å²) in [6.07, 6.45) is -1.52. The lowest BCUT2D eigenvalue weighted by Crippen LogP contribution is -2.62. The molecule has 11 heteroatoms. The SMILES string of the molecule is CC1(C)CC(NC(=O)c2ccc(Oc3ccc(I)cn3)cc2)CC(C)(C)N1.O=C(O)C(F)(F)F. The molecular weight excluding hydrogens is 566 g/mol. The number of amides is 1. The molecule has 186 valence electrons. The van der Waals surface area contributed by atoms with Gasteiger partial charge in [0, 0.05) is 38.5 Å². The van der Waals surface area contributed by atoms with Crippen molar-refractivity contribution in [3.05, 3.63) is 51.7 Å². The standard InChI is InChI=1S/C21H26IN3O2.C2HF3O2/c1-20(2)11-16(12-21(3,4)25-20)24-19(26)14-5-8-17(9-6-14)27-18-10-7-15(22)13-23-18;3-2(4,5)1(6)7/h5-10,13,16,25H,11-12H2,1-4H3,(H,24,26);(H,6,7). The molecule has 3 rings (SSSR count). The maximum absolute atomic E-state index is 12.7. The Morgan fingerprint density at radius 2 is 1.62 bits per heavy atom. The second-order valence-corrected chi connectivity index (χ2v) is 10.5. The summed E-state index contributed by atoms with van der Waals surface area (Å²) >= 11 is 2.20. The first kappa shape index (κ1) is 27.8. The lowest BCUT2D eigenvalue weighted by Gasteiger charge is -2.46. The molecule has 1 saturated heterocycles. The minimum absolute atomic E-state index is 0.00209. The molecular formula is C23H27F3IN3O4. The number of carboxylic acids is 1. The highest BCUT2D eigenvalue weighted by Gasteiger charge is 2.39. The van der Waals surface area contributed by atoms with Gasteiger partial charge in [-0.3, -0.25) is 4.79 Å². The van der Waals surface area contributed by atoms with Crippen molar-refractivity contribution in [2.24, 2.45) is 0 Å². The number of piperidine rings is 1. The van der Waals surface area contributed by atoms with Crippen LogP contribution in [0.25, 0.3) is 0 Å². The molecule has 0 saturated carbocycles. The Balaban J connectivity index is 0.000000509. The van der Waals surface area contributed by atoms with Crippen LogP contribution in [0, 0.1) is 3.57 Å². The number of ether oxygens (including phenoxy) is 1. The van der Waals surface area contributed by atoms with Gasteiger partial charge in [-0.05, 0) is 93.5 Å². The number of benzene rings is 1. The van der Waals surface area contributed by atoms with Crippen molar-refractivity contribution in [1.82, 2.24) is 15.6 Å². The van der Waals surface area contributed by atoms with Gasteiger partial charge in [0.1, 0.15) is 5.75 Å². The Hall–Kier alpha value is -2.41. The van der Waals surface area contributed by atoms with E-state index in [2.05, 4.69) is 65.9 Å². The summed E-state index contributed by atoms with van der Waals surface area (Å²) in [5.74, 6) is -1.61. The zero-order valence-electron chi connectivity index (χ0n) is 19.2. The van der Waals surface area contributed by atoms with Gasteiger partial charge in [0.15, 0.2) is 0 Å². The van der Waals surface area contributed by atoms with Crippen LogP contribution < -0.4 is 15.4 Å². The van der Waals surface area contributed by atoms with E-state index in [1.54, 1.807) is 30.5 Å². The summed E-state index contributed by atoms with van der Waals surface area (Å²) in [5, 5.41) is 13.9. The third kappa shape index (κ3) is 9.09. The van der Waals surface area contributed by atoms with Crippen molar-refractivity contribution in [2.75, 3.05) is 0 Å². The van der Waals surface area contributed by atoms with E-state index in [-0.39, 0.29) is 23.0 Å². The third-order valence-corrected chi connectivity index (χ3v) is 5.45. The number of aliphatic carboxylic acids is 1. The predicted molar refractivity (Wildman–Crippen MR) is 129 cm³/mol. The van der Waals surface area contributed by atoms with Gasteiger partial charge in [0.2, 0.25) is 5.88 Å². The fraction of sp³-hybridized carbons (Fsp3) is 0.435. The quantitative estimate of drug-likeness (QED) is 0.425. The zero-order chi connectivity index (χ0) is 25.7. The van der Waals surface area contributed by atoms with Crippen LogP contribution in [-0.2, 0) is 4.79 Å². The van der Waals surface area contributed by atoms with Crippen LogP contribution in [0.2, 0.25) is 0 Å². The van der Waals surface area contributed by atoms with Crippen LogP contribution in [0.3, 0.4) is 0 Å². The number of hydrogen-bond donors (Lipinski definition) is 3. The van der Waals surface area contributed by atoms with Crippen molar-refractivity contribution >= 4 is 34.5 Å². The van der Waals surface area contributed by atoms with Crippen molar-refractivity contribution in [3.8, 4) is 11.6 Å². The second kappa shape index (κ2) is 10.9. The molecule has 0 radical (unpaired) electrons. The smallest absolute Gasteiger partial charge is 0.475 e. The lowest BCUT2D eigenvalue weighted by atomic mass is 9.79. The first-order chi connectivity index (χ1) is 15.6. The number of carbonyl (C=O) groups is 2. The molecule has 2 heterocycles. The molecule has 0 bridgehead atoms. The predicted octanol–water partition coefficient (Wildman–Crippen LogP) is 5.15. The van der Waals surface area contributed by atoms with E-state index in [0.29, 0.717) is 17.2 Å². The molecule has 1 amide bonds. The summed E-state index contributed by atoms with van der Waals surface area (Å²) in [5.41, 5.74) is 0.627. The summed E-state index contributed by atoms with van der Waals surface area (Å²) in [6, 6.07) is 11.1. The first-order valence-corrected chi connectivity index (χ1v) is 11.4. The highest BCUT2D eigenvalue weighted by molar-refractivity contribution is 14.1. The average Bonchev–Trinajstić information content (AvgIpc) is 2.67. The highest BCUT2D eigenvalue weighted by Crippen LogP contribution is 2.29. The number of nitrogens with zero attached hydrogens (tertiary/aromatic N) is 1. The zero-order valence-corrected chi connectivity index (χ0v) is 21.3. The minimum Gasteiger partial charge on any atom is -0.475 e. The third-order valence-electron chi connectivity index (χ3n) is 4.81. The minimum atomic E-state index is -5.08. The first-order valence-electron chi connectivity index (χ1n) is 10.4. The van der Waals surface area contributed by atoms with E-state index >= 15 is 0 Å². The van der Waals surface area contributed by atoms with Crippen LogP contribution in [-0.4, -0.2) is 45.3 Å².